The molecule has 0 aliphatic rings. The summed E-state index contributed by atoms with van der Waals surface area (Å²) < 4.78 is 10.8. The molecule has 0 aliphatic heterocycles. The second-order valence-corrected chi connectivity index (χ2v) is 7.44. The molecule has 154 valence electrons. The second-order valence-electron chi connectivity index (χ2n) is 7.44. The minimum absolute atomic E-state index is 0.845. The fraction of sp³-hybridized carbons (Fsp3) is 0.103. The van der Waals surface area contributed by atoms with Gasteiger partial charge in [0, 0.05) is 0 Å². The summed E-state index contributed by atoms with van der Waals surface area (Å²) in [5.41, 5.74) is 8.21. The molecule has 0 atom stereocenters. The van der Waals surface area contributed by atoms with Gasteiger partial charge >= 0.3 is 0 Å². The highest BCUT2D eigenvalue weighted by atomic mass is 16.5. The number of hydrogen-bond donors (Lipinski definition) is 0. The van der Waals surface area contributed by atoms with Crippen molar-refractivity contribution in [3.8, 4) is 11.5 Å². The smallest absolute Gasteiger partial charge is 0.118 e. The van der Waals surface area contributed by atoms with E-state index in [1.165, 1.54) is 27.8 Å². The van der Waals surface area contributed by atoms with Gasteiger partial charge in [0.15, 0.2) is 0 Å². The van der Waals surface area contributed by atoms with Crippen molar-refractivity contribution >= 4 is 11.1 Å². The molecule has 4 aromatic rings. The predicted molar refractivity (Wildman–Crippen MR) is 129 cm³/mol. The summed E-state index contributed by atoms with van der Waals surface area (Å²) in [6.45, 7) is 2.11. The first kappa shape index (κ1) is 20.5. The summed E-state index contributed by atoms with van der Waals surface area (Å²) in [5.74, 6) is 1.69. The predicted octanol–water partition coefficient (Wildman–Crippen LogP) is 7.02. The molecule has 0 saturated heterocycles. The van der Waals surface area contributed by atoms with E-state index in [1.807, 2.05) is 30.3 Å². The molecule has 4 aromatic carbocycles. The largest absolute Gasteiger partial charge is 0.497 e. The van der Waals surface area contributed by atoms with Gasteiger partial charge in [-0.05, 0) is 64.6 Å². The first-order valence-corrected chi connectivity index (χ1v) is 10.3. The Morgan fingerprint density at radius 3 is 1.19 bits per heavy atom. The van der Waals surface area contributed by atoms with E-state index in [2.05, 4.69) is 79.7 Å². The molecule has 0 radical (unpaired) electrons. The summed E-state index contributed by atoms with van der Waals surface area (Å²) in [4.78, 5) is 0. The van der Waals surface area contributed by atoms with Gasteiger partial charge in [-0.2, -0.15) is 0 Å². The molecule has 0 unspecified atom stereocenters. The summed E-state index contributed by atoms with van der Waals surface area (Å²) in [7, 11) is 3.39. The van der Waals surface area contributed by atoms with Crippen molar-refractivity contribution in [2.75, 3.05) is 14.2 Å². The van der Waals surface area contributed by atoms with Crippen LogP contribution in [0.1, 0.15) is 27.8 Å². The topological polar surface area (TPSA) is 18.5 Å². The number of aryl methyl sites for hydroxylation is 1. The third-order valence-electron chi connectivity index (χ3n) is 5.41. The van der Waals surface area contributed by atoms with Crippen molar-refractivity contribution in [3.63, 3.8) is 0 Å². The van der Waals surface area contributed by atoms with Crippen molar-refractivity contribution < 1.29 is 9.47 Å². The van der Waals surface area contributed by atoms with Gasteiger partial charge in [0.05, 0.1) is 14.2 Å². The standard InChI is InChI=1S/C29H26O2/c1-21-9-11-23(12-10-21)29(25-15-19-27(31-3)20-16-25)28(22-7-5-4-6-8-22)24-13-17-26(30-2)18-14-24/h4-20H,1-3H3/b29-28-. The quantitative estimate of drug-likeness (QED) is 0.320. The van der Waals surface area contributed by atoms with Crippen molar-refractivity contribution in [1.82, 2.24) is 0 Å². The third kappa shape index (κ3) is 4.54. The second kappa shape index (κ2) is 9.36. The summed E-state index contributed by atoms with van der Waals surface area (Å²) in [6, 6.07) is 35.8. The van der Waals surface area contributed by atoms with Crippen LogP contribution in [0.15, 0.2) is 103 Å². The SMILES string of the molecule is COc1ccc(/C(=C(/c2ccc(C)cc2)c2ccc(OC)cc2)c2ccccc2)cc1. The number of hydrogen-bond acceptors (Lipinski definition) is 2. The maximum absolute atomic E-state index is 5.40. The summed E-state index contributed by atoms with van der Waals surface area (Å²) in [6.07, 6.45) is 0. The molecule has 0 aliphatic carbocycles. The lowest BCUT2D eigenvalue weighted by molar-refractivity contribution is 0.414. The summed E-state index contributed by atoms with van der Waals surface area (Å²) in [5, 5.41) is 0. The Kier molecular flexibility index (Phi) is 6.18. The van der Waals surface area contributed by atoms with Crippen molar-refractivity contribution in [1.29, 1.82) is 0 Å². The highest BCUT2D eigenvalue weighted by Gasteiger charge is 2.16. The molecule has 0 N–H and O–H groups in total. The molecule has 31 heavy (non-hydrogen) atoms. The van der Waals surface area contributed by atoms with Gasteiger partial charge in [-0.1, -0.05) is 84.4 Å². The van der Waals surface area contributed by atoms with Gasteiger partial charge in [-0.3, -0.25) is 0 Å². The average molecular weight is 407 g/mol. The highest BCUT2D eigenvalue weighted by Crippen LogP contribution is 2.37. The lowest BCUT2D eigenvalue weighted by Crippen LogP contribution is -1.98. The third-order valence-corrected chi connectivity index (χ3v) is 5.41. The maximum Gasteiger partial charge on any atom is 0.118 e. The molecular formula is C29H26O2. The van der Waals surface area contributed by atoms with Gasteiger partial charge < -0.3 is 9.47 Å². The fourth-order valence-corrected chi connectivity index (χ4v) is 3.75. The van der Waals surface area contributed by atoms with Gasteiger partial charge in [0.2, 0.25) is 0 Å². The molecule has 0 saturated carbocycles. The Hall–Kier alpha value is -3.78. The number of methoxy groups -OCH3 is 2. The van der Waals surface area contributed by atoms with Crippen LogP contribution in [0.2, 0.25) is 0 Å². The fourth-order valence-electron chi connectivity index (χ4n) is 3.75. The van der Waals surface area contributed by atoms with Crippen LogP contribution < -0.4 is 9.47 Å². The van der Waals surface area contributed by atoms with E-state index in [1.54, 1.807) is 14.2 Å². The van der Waals surface area contributed by atoms with Gasteiger partial charge in [0.25, 0.3) is 0 Å². The molecule has 0 bridgehead atoms. The maximum atomic E-state index is 5.40. The van der Waals surface area contributed by atoms with E-state index >= 15 is 0 Å². The average Bonchev–Trinajstić information content (AvgIpc) is 2.84. The first-order chi connectivity index (χ1) is 15.2. The van der Waals surface area contributed by atoms with Crippen LogP contribution >= 0.6 is 0 Å². The Morgan fingerprint density at radius 2 is 0.806 bits per heavy atom. The Bertz CT molecular complexity index is 1150. The molecule has 0 aromatic heterocycles. The van der Waals surface area contributed by atoms with E-state index in [4.69, 9.17) is 9.47 Å². The van der Waals surface area contributed by atoms with E-state index in [0.29, 0.717) is 0 Å². The highest BCUT2D eigenvalue weighted by molar-refractivity contribution is 6.04. The van der Waals surface area contributed by atoms with Crippen molar-refractivity contribution in [2.24, 2.45) is 0 Å². The molecule has 2 nitrogen and oxygen atoms in total. The molecular weight excluding hydrogens is 380 g/mol. The van der Waals surface area contributed by atoms with E-state index < -0.39 is 0 Å². The normalized spacial score (nSPS) is 11.6. The van der Waals surface area contributed by atoms with Crippen LogP contribution in [-0.4, -0.2) is 14.2 Å². The molecule has 4 rings (SSSR count). The molecule has 0 amide bonds. The van der Waals surface area contributed by atoms with Gasteiger partial charge in [-0.15, -0.1) is 0 Å². The van der Waals surface area contributed by atoms with Crippen LogP contribution in [0.4, 0.5) is 0 Å². The minimum atomic E-state index is 0.845. The lowest BCUT2D eigenvalue weighted by Gasteiger charge is -2.18. The van der Waals surface area contributed by atoms with Crippen LogP contribution in [0, 0.1) is 6.92 Å². The first-order valence-electron chi connectivity index (χ1n) is 10.3. The van der Waals surface area contributed by atoms with Crippen LogP contribution in [0.5, 0.6) is 11.5 Å². The Labute approximate surface area is 184 Å². The monoisotopic (exact) mass is 406 g/mol. The molecule has 2 heteroatoms. The number of ether oxygens (including phenoxy) is 2. The lowest BCUT2D eigenvalue weighted by atomic mass is 9.85. The van der Waals surface area contributed by atoms with Gasteiger partial charge in [-0.25, -0.2) is 0 Å². The van der Waals surface area contributed by atoms with E-state index in [0.717, 1.165) is 22.6 Å². The van der Waals surface area contributed by atoms with E-state index in [9.17, 15) is 0 Å². The Balaban J connectivity index is 2.04. The molecule has 0 heterocycles. The Morgan fingerprint density at radius 1 is 0.452 bits per heavy atom. The molecule has 0 fully saturated rings. The zero-order valence-electron chi connectivity index (χ0n) is 18.1. The van der Waals surface area contributed by atoms with Gasteiger partial charge in [0.1, 0.15) is 11.5 Å². The van der Waals surface area contributed by atoms with Crippen molar-refractivity contribution in [3.05, 3.63) is 131 Å². The zero-order valence-corrected chi connectivity index (χ0v) is 18.1. The van der Waals surface area contributed by atoms with Crippen LogP contribution in [-0.2, 0) is 0 Å². The zero-order chi connectivity index (χ0) is 21.6. The van der Waals surface area contributed by atoms with Crippen LogP contribution in [0.3, 0.4) is 0 Å². The number of rotatable bonds is 6. The van der Waals surface area contributed by atoms with Crippen LogP contribution in [0.25, 0.3) is 11.1 Å². The summed E-state index contributed by atoms with van der Waals surface area (Å²) >= 11 is 0. The minimum Gasteiger partial charge on any atom is -0.497 e. The van der Waals surface area contributed by atoms with Crippen molar-refractivity contribution in [2.45, 2.75) is 6.92 Å². The molecule has 0 spiro atoms. The van der Waals surface area contributed by atoms with E-state index in [-0.39, 0.29) is 0 Å². The number of benzene rings is 4.